The summed E-state index contributed by atoms with van der Waals surface area (Å²) in [6, 6.07) is 17.2. The van der Waals surface area contributed by atoms with Crippen LogP contribution in [0.5, 0.6) is 0 Å². The zero-order valence-corrected chi connectivity index (χ0v) is 15.1. The first kappa shape index (κ1) is 18.0. The van der Waals surface area contributed by atoms with Crippen LogP contribution in [0.15, 0.2) is 54.6 Å². The lowest BCUT2D eigenvalue weighted by Gasteiger charge is -2.22. The van der Waals surface area contributed by atoms with E-state index in [-0.39, 0.29) is 18.6 Å². The van der Waals surface area contributed by atoms with Gasteiger partial charge < -0.3 is 14.5 Å². The van der Waals surface area contributed by atoms with Crippen LogP contribution < -0.4 is 0 Å². The number of rotatable bonds is 3. The molecule has 0 spiro atoms. The van der Waals surface area contributed by atoms with Crippen molar-refractivity contribution in [1.29, 1.82) is 0 Å². The summed E-state index contributed by atoms with van der Waals surface area (Å²) in [5.74, 6) is 0.0181. The summed E-state index contributed by atoms with van der Waals surface area (Å²) >= 11 is 0. The molecule has 5 nitrogen and oxygen atoms in total. The fourth-order valence-corrected chi connectivity index (χ4v) is 2.99. The third kappa shape index (κ3) is 4.63. The van der Waals surface area contributed by atoms with Gasteiger partial charge in [-0.15, -0.1) is 0 Å². The summed E-state index contributed by atoms with van der Waals surface area (Å²) in [5, 5.41) is 0. The van der Waals surface area contributed by atoms with Gasteiger partial charge in [-0.2, -0.15) is 0 Å². The lowest BCUT2D eigenvalue weighted by atomic mass is 10.1. The molecule has 1 aliphatic rings. The van der Waals surface area contributed by atoms with Crippen LogP contribution in [0.4, 0.5) is 4.79 Å². The smallest absolute Gasteiger partial charge is 0.410 e. The average molecular weight is 352 g/mol. The average Bonchev–Trinajstić information content (AvgIpc) is 2.93. The molecule has 5 heteroatoms. The van der Waals surface area contributed by atoms with Crippen LogP contribution in [0, 0.1) is 6.92 Å². The van der Waals surface area contributed by atoms with E-state index in [1.807, 2.05) is 66.4 Å². The number of carbonyl (C=O) groups excluding carboxylic acids is 2. The van der Waals surface area contributed by atoms with E-state index < -0.39 is 0 Å². The van der Waals surface area contributed by atoms with Crippen molar-refractivity contribution in [2.24, 2.45) is 0 Å². The van der Waals surface area contributed by atoms with Gasteiger partial charge in [-0.3, -0.25) is 4.79 Å². The van der Waals surface area contributed by atoms with Gasteiger partial charge in [-0.1, -0.05) is 48.0 Å². The van der Waals surface area contributed by atoms with Crippen LogP contribution in [0.2, 0.25) is 0 Å². The molecular weight excluding hydrogens is 328 g/mol. The van der Waals surface area contributed by atoms with Gasteiger partial charge in [0.25, 0.3) is 5.91 Å². The molecule has 0 radical (unpaired) electrons. The molecule has 2 aromatic carbocycles. The molecule has 0 aliphatic carbocycles. The van der Waals surface area contributed by atoms with Crippen molar-refractivity contribution in [3.8, 4) is 0 Å². The highest BCUT2D eigenvalue weighted by Gasteiger charge is 2.23. The van der Waals surface area contributed by atoms with Crippen LogP contribution in [0.3, 0.4) is 0 Å². The molecule has 0 saturated carbocycles. The van der Waals surface area contributed by atoms with Crippen molar-refractivity contribution >= 4 is 12.0 Å². The molecule has 1 heterocycles. The molecule has 2 amide bonds. The Bertz CT molecular complexity index is 744. The molecular formula is C21H24N2O3. The molecule has 1 saturated heterocycles. The number of aryl methyl sites for hydroxylation is 1. The van der Waals surface area contributed by atoms with Gasteiger partial charge in [0.05, 0.1) is 0 Å². The van der Waals surface area contributed by atoms with Crippen LogP contribution in [-0.4, -0.2) is 48.0 Å². The summed E-state index contributed by atoms with van der Waals surface area (Å²) in [6.45, 7) is 4.53. The lowest BCUT2D eigenvalue weighted by molar-refractivity contribution is 0.0749. The molecule has 3 rings (SSSR count). The van der Waals surface area contributed by atoms with Crippen molar-refractivity contribution in [2.45, 2.75) is 20.0 Å². The third-order valence-corrected chi connectivity index (χ3v) is 4.54. The molecule has 26 heavy (non-hydrogen) atoms. The third-order valence-electron chi connectivity index (χ3n) is 4.54. The van der Waals surface area contributed by atoms with E-state index in [0.717, 1.165) is 17.5 Å². The lowest BCUT2D eigenvalue weighted by Crippen LogP contribution is -2.37. The Morgan fingerprint density at radius 1 is 0.885 bits per heavy atom. The topological polar surface area (TPSA) is 49.9 Å². The predicted molar refractivity (Wildman–Crippen MR) is 99.9 cm³/mol. The second-order valence-electron chi connectivity index (χ2n) is 6.54. The highest BCUT2D eigenvalue weighted by atomic mass is 16.6. The minimum Gasteiger partial charge on any atom is -0.445 e. The van der Waals surface area contributed by atoms with Gasteiger partial charge in [-0.05, 0) is 31.0 Å². The Morgan fingerprint density at radius 3 is 2.27 bits per heavy atom. The molecule has 0 atom stereocenters. The van der Waals surface area contributed by atoms with E-state index in [9.17, 15) is 9.59 Å². The summed E-state index contributed by atoms with van der Waals surface area (Å²) < 4.78 is 5.40. The number of hydrogen-bond donors (Lipinski definition) is 0. The highest BCUT2D eigenvalue weighted by Crippen LogP contribution is 2.12. The first-order valence-corrected chi connectivity index (χ1v) is 8.95. The SMILES string of the molecule is Cc1ccc(C(=O)N2CCCN(C(=O)OCc3ccccc3)CC2)cc1. The first-order chi connectivity index (χ1) is 12.6. The second-order valence-corrected chi connectivity index (χ2v) is 6.54. The van der Waals surface area contributed by atoms with E-state index in [0.29, 0.717) is 31.7 Å². The molecule has 0 aromatic heterocycles. The van der Waals surface area contributed by atoms with Gasteiger partial charge in [-0.25, -0.2) is 4.79 Å². The predicted octanol–water partition coefficient (Wildman–Crippen LogP) is 3.48. The number of benzene rings is 2. The molecule has 136 valence electrons. The maximum absolute atomic E-state index is 12.6. The van der Waals surface area contributed by atoms with Crippen LogP contribution in [-0.2, 0) is 11.3 Å². The largest absolute Gasteiger partial charge is 0.445 e. The van der Waals surface area contributed by atoms with E-state index in [2.05, 4.69) is 0 Å². The normalized spacial score (nSPS) is 14.7. The quantitative estimate of drug-likeness (QED) is 0.850. The second kappa shape index (κ2) is 8.52. The minimum absolute atomic E-state index is 0.0181. The molecule has 2 aromatic rings. The van der Waals surface area contributed by atoms with Crippen molar-refractivity contribution < 1.29 is 14.3 Å². The Labute approximate surface area is 154 Å². The van der Waals surface area contributed by atoms with Gasteiger partial charge in [0.15, 0.2) is 0 Å². The summed E-state index contributed by atoms with van der Waals surface area (Å²) in [6.07, 6.45) is 0.427. The van der Waals surface area contributed by atoms with Gasteiger partial charge in [0.1, 0.15) is 6.61 Å². The van der Waals surface area contributed by atoms with E-state index in [4.69, 9.17) is 4.74 Å². The zero-order chi connectivity index (χ0) is 18.4. The van der Waals surface area contributed by atoms with E-state index in [1.165, 1.54) is 0 Å². The Balaban J connectivity index is 1.53. The van der Waals surface area contributed by atoms with Crippen LogP contribution in [0.25, 0.3) is 0 Å². The monoisotopic (exact) mass is 352 g/mol. The number of carbonyl (C=O) groups is 2. The Hall–Kier alpha value is -2.82. The van der Waals surface area contributed by atoms with Gasteiger partial charge in [0.2, 0.25) is 0 Å². The van der Waals surface area contributed by atoms with Crippen molar-refractivity contribution in [1.82, 2.24) is 9.80 Å². The van der Waals surface area contributed by atoms with Gasteiger partial charge >= 0.3 is 6.09 Å². The molecule has 1 aliphatic heterocycles. The Kier molecular flexibility index (Phi) is 5.89. The maximum atomic E-state index is 12.6. The molecule has 0 unspecified atom stereocenters. The van der Waals surface area contributed by atoms with Crippen molar-refractivity contribution in [3.05, 3.63) is 71.3 Å². The van der Waals surface area contributed by atoms with E-state index in [1.54, 1.807) is 4.90 Å². The number of amides is 2. The van der Waals surface area contributed by atoms with E-state index >= 15 is 0 Å². The van der Waals surface area contributed by atoms with Crippen LogP contribution in [0.1, 0.15) is 27.9 Å². The fourth-order valence-electron chi connectivity index (χ4n) is 2.99. The summed E-state index contributed by atoms with van der Waals surface area (Å²) in [5.41, 5.74) is 2.78. The number of hydrogen-bond acceptors (Lipinski definition) is 3. The standard InChI is InChI=1S/C21H24N2O3/c1-17-8-10-19(11-9-17)20(24)22-12-5-13-23(15-14-22)21(25)26-16-18-6-3-2-4-7-18/h2-4,6-11H,5,12-16H2,1H3. The number of ether oxygens (including phenoxy) is 1. The summed E-state index contributed by atoms with van der Waals surface area (Å²) in [7, 11) is 0. The molecule has 0 bridgehead atoms. The maximum Gasteiger partial charge on any atom is 0.410 e. The van der Waals surface area contributed by atoms with Crippen LogP contribution >= 0.6 is 0 Å². The van der Waals surface area contributed by atoms with Crippen molar-refractivity contribution in [3.63, 3.8) is 0 Å². The van der Waals surface area contributed by atoms with Crippen molar-refractivity contribution in [2.75, 3.05) is 26.2 Å². The molecule has 1 fully saturated rings. The number of nitrogens with zero attached hydrogens (tertiary/aromatic N) is 2. The highest BCUT2D eigenvalue weighted by molar-refractivity contribution is 5.94. The fraction of sp³-hybridized carbons (Fsp3) is 0.333. The van der Waals surface area contributed by atoms with Gasteiger partial charge in [0, 0.05) is 31.7 Å². The molecule has 0 N–H and O–H groups in total. The first-order valence-electron chi connectivity index (χ1n) is 8.95. The minimum atomic E-state index is -0.321. The zero-order valence-electron chi connectivity index (χ0n) is 15.1. The summed E-state index contributed by atoms with van der Waals surface area (Å²) in [4.78, 5) is 28.5. The Morgan fingerprint density at radius 2 is 1.54 bits per heavy atom.